The number of halogens is 1. The van der Waals surface area contributed by atoms with Crippen molar-refractivity contribution in [2.24, 2.45) is 13.0 Å². The molecule has 2 aromatic heterocycles. The molecule has 0 aromatic carbocycles. The highest BCUT2D eigenvalue weighted by atomic mass is 32.2. The van der Waals surface area contributed by atoms with E-state index in [0.29, 0.717) is 17.2 Å². The van der Waals surface area contributed by atoms with Crippen LogP contribution < -0.4 is 10.0 Å². The lowest BCUT2D eigenvalue weighted by Crippen LogP contribution is -2.34. The number of hydrogen-bond donors (Lipinski definition) is 3. The molecule has 1 aliphatic rings. The molecule has 2 unspecified atom stereocenters. The summed E-state index contributed by atoms with van der Waals surface area (Å²) in [6, 6.07) is 4.24. The number of fused-ring (bicyclic) bond motifs is 1. The van der Waals surface area contributed by atoms with Crippen molar-refractivity contribution >= 4 is 28.5 Å². The Labute approximate surface area is 184 Å². The molecule has 3 rings (SSSR count). The maximum atomic E-state index is 13.6. The number of anilines is 1. The molecule has 3 heterocycles. The maximum absolute atomic E-state index is 13.6. The van der Waals surface area contributed by atoms with Crippen molar-refractivity contribution < 1.29 is 9.18 Å². The Kier molecular flexibility index (Phi) is 7.36. The number of carbonyl (C=O) groups is 1. The predicted molar refractivity (Wildman–Crippen MR) is 120 cm³/mol. The van der Waals surface area contributed by atoms with Crippen molar-refractivity contribution in [2.45, 2.75) is 50.5 Å². The van der Waals surface area contributed by atoms with E-state index in [1.807, 2.05) is 6.08 Å². The number of rotatable bonds is 7. The van der Waals surface area contributed by atoms with Crippen LogP contribution in [0.15, 0.2) is 29.3 Å². The molecule has 1 aliphatic heterocycles. The van der Waals surface area contributed by atoms with Crippen LogP contribution in [0.4, 0.5) is 10.1 Å². The third-order valence-electron chi connectivity index (χ3n) is 5.34. The second-order valence-corrected chi connectivity index (χ2v) is 8.93. The van der Waals surface area contributed by atoms with Gasteiger partial charge in [-0.2, -0.15) is 9.65 Å². The fraction of sp³-hybridized carbons (Fsp3) is 0.409. The van der Waals surface area contributed by atoms with Crippen LogP contribution >= 0.6 is 0 Å². The van der Waals surface area contributed by atoms with Crippen LogP contribution in [-0.2, 0) is 17.9 Å². The first-order valence-electron chi connectivity index (χ1n) is 10.4. The zero-order valence-corrected chi connectivity index (χ0v) is 18.7. The van der Waals surface area contributed by atoms with Crippen molar-refractivity contribution in [1.82, 2.24) is 14.3 Å². The molecule has 9 heteroatoms. The van der Waals surface area contributed by atoms with Gasteiger partial charge >= 0.3 is 0 Å². The summed E-state index contributed by atoms with van der Waals surface area (Å²) in [5.74, 6) is -0.833. The molecule has 2 atom stereocenters. The van der Waals surface area contributed by atoms with Crippen LogP contribution in [0.2, 0.25) is 0 Å². The highest BCUT2D eigenvalue weighted by Crippen LogP contribution is 2.29. The van der Waals surface area contributed by atoms with E-state index in [0.717, 1.165) is 36.6 Å². The van der Waals surface area contributed by atoms with Crippen molar-refractivity contribution in [2.75, 3.05) is 5.32 Å². The van der Waals surface area contributed by atoms with Gasteiger partial charge in [-0.25, -0.2) is 9.71 Å². The lowest BCUT2D eigenvalue weighted by molar-refractivity contribution is 0.101. The normalized spacial score (nSPS) is 17.8. The fourth-order valence-corrected chi connectivity index (χ4v) is 5.29. The number of nitrogens with zero attached hydrogens (tertiary/aromatic N) is 3. The topological polar surface area (TPSA) is 107 Å². The molecule has 164 valence electrons. The standard InChI is InChI=1S/C22H27FN6OS/c1-4-6-14(7-5-2)18-9-8-17-19(31(25)28-18)13-29(3)21(17)22(30)27-15-10-16(12-24)26-20(23)11-15/h8-11,13-14,18H,4-7H2,1-3H3,(H2,25,28)(H,26,27,30). The van der Waals surface area contributed by atoms with Crippen LogP contribution in [0.25, 0.3) is 6.08 Å². The first-order valence-corrected chi connectivity index (χ1v) is 11.6. The van der Waals surface area contributed by atoms with Crippen molar-refractivity contribution in [1.29, 1.82) is 10.0 Å². The van der Waals surface area contributed by atoms with Crippen LogP contribution in [0.1, 0.15) is 61.3 Å². The zero-order valence-electron chi connectivity index (χ0n) is 17.9. The van der Waals surface area contributed by atoms with Gasteiger partial charge in [-0.15, -0.1) is 0 Å². The molecule has 3 N–H and O–H groups in total. The lowest BCUT2D eigenvalue weighted by atomic mass is 9.90. The minimum Gasteiger partial charge on any atom is -0.345 e. The first kappa shape index (κ1) is 22.8. The molecule has 0 fully saturated rings. The molecular weight excluding hydrogens is 415 g/mol. The van der Waals surface area contributed by atoms with E-state index in [2.05, 4.69) is 34.9 Å². The molecule has 31 heavy (non-hydrogen) atoms. The summed E-state index contributed by atoms with van der Waals surface area (Å²) in [4.78, 5) is 17.3. The molecule has 0 aliphatic carbocycles. The minimum atomic E-state index is -0.978. The molecule has 0 bridgehead atoms. The van der Waals surface area contributed by atoms with Gasteiger partial charge < -0.3 is 9.88 Å². The number of aromatic nitrogens is 2. The summed E-state index contributed by atoms with van der Waals surface area (Å²) in [5, 5.41) is 11.6. The SMILES string of the molecule is CCCC(CCC)C1C=Cc2c(cn(C)c2C(=O)Nc2cc(F)nc(C#N)c2)S(=N)N1. The van der Waals surface area contributed by atoms with E-state index in [9.17, 15) is 9.18 Å². The van der Waals surface area contributed by atoms with Crippen molar-refractivity contribution in [3.8, 4) is 6.07 Å². The van der Waals surface area contributed by atoms with Gasteiger partial charge in [-0.3, -0.25) is 9.57 Å². The van der Waals surface area contributed by atoms with Gasteiger partial charge in [0.1, 0.15) is 17.5 Å². The molecule has 7 nitrogen and oxygen atoms in total. The number of nitrogens with one attached hydrogen (secondary N) is 3. The molecule has 2 aromatic rings. The van der Waals surface area contributed by atoms with Crippen LogP contribution in [0.3, 0.4) is 0 Å². The maximum Gasteiger partial charge on any atom is 0.272 e. The van der Waals surface area contributed by atoms with Gasteiger partial charge in [0, 0.05) is 36.6 Å². The Hall–Kier alpha value is -2.83. The highest BCUT2D eigenvalue weighted by Gasteiger charge is 2.27. The van der Waals surface area contributed by atoms with Gasteiger partial charge in [0.15, 0.2) is 0 Å². The second-order valence-electron chi connectivity index (χ2n) is 7.64. The van der Waals surface area contributed by atoms with Gasteiger partial charge in [0.05, 0.1) is 4.90 Å². The molecular formula is C22H27FN6OS. The van der Waals surface area contributed by atoms with Crippen LogP contribution in [0, 0.1) is 28.0 Å². The summed E-state index contributed by atoms with van der Waals surface area (Å²) in [5.41, 5.74) is 1.12. The summed E-state index contributed by atoms with van der Waals surface area (Å²) in [6.07, 6.45) is 10.1. The molecule has 0 radical (unpaired) electrons. The number of hydrogen-bond acceptors (Lipinski definition) is 4. The van der Waals surface area contributed by atoms with Gasteiger partial charge in [-0.1, -0.05) is 38.8 Å². The highest BCUT2D eigenvalue weighted by molar-refractivity contribution is 7.84. The fourth-order valence-electron chi connectivity index (χ4n) is 3.98. The van der Waals surface area contributed by atoms with E-state index < -0.39 is 22.7 Å². The lowest BCUT2D eigenvalue weighted by Gasteiger charge is -2.24. The number of pyridine rings is 1. The Morgan fingerprint density at radius 3 is 2.77 bits per heavy atom. The van der Waals surface area contributed by atoms with Crippen molar-refractivity contribution in [3.63, 3.8) is 0 Å². The molecule has 1 amide bonds. The predicted octanol–water partition coefficient (Wildman–Crippen LogP) is 4.54. The largest absolute Gasteiger partial charge is 0.345 e. The van der Waals surface area contributed by atoms with Crippen LogP contribution in [0.5, 0.6) is 0 Å². The van der Waals surface area contributed by atoms with Gasteiger partial charge in [0.25, 0.3) is 5.91 Å². The van der Waals surface area contributed by atoms with Gasteiger partial charge in [0.2, 0.25) is 5.95 Å². The second kappa shape index (κ2) is 9.98. The Bertz CT molecular complexity index is 1060. The van der Waals surface area contributed by atoms with Crippen molar-refractivity contribution in [3.05, 3.63) is 47.3 Å². The smallest absolute Gasteiger partial charge is 0.272 e. The van der Waals surface area contributed by atoms with Gasteiger partial charge in [-0.05, 0) is 35.7 Å². The van der Waals surface area contributed by atoms with E-state index in [-0.39, 0.29) is 17.4 Å². The minimum absolute atomic E-state index is 0.0711. The number of aryl methyl sites for hydroxylation is 1. The Morgan fingerprint density at radius 2 is 2.13 bits per heavy atom. The van der Waals surface area contributed by atoms with E-state index in [1.54, 1.807) is 23.9 Å². The average Bonchev–Trinajstić information content (AvgIpc) is 2.98. The van der Waals surface area contributed by atoms with E-state index in [1.165, 1.54) is 6.07 Å². The third kappa shape index (κ3) is 5.09. The summed E-state index contributed by atoms with van der Waals surface area (Å²) >= 11 is 0. The third-order valence-corrected chi connectivity index (χ3v) is 6.61. The quantitative estimate of drug-likeness (QED) is 0.547. The summed E-state index contributed by atoms with van der Waals surface area (Å²) in [6.45, 7) is 4.33. The monoisotopic (exact) mass is 442 g/mol. The summed E-state index contributed by atoms with van der Waals surface area (Å²) < 4.78 is 27.4. The number of carbonyl (C=O) groups excluding carboxylic acids is 1. The Balaban J connectivity index is 1.93. The van der Waals surface area contributed by atoms with E-state index >= 15 is 0 Å². The number of amides is 1. The van der Waals surface area contributed by atoms with E-state index in [4.69, 9.17) is 10.0 Å². The zero-order chi connectivity index (χ0) is 22.5. The number of nitriles is 1. The average molecular weight is 443 g/mol. The molecule has 0 saturated heterocycles. The Morgan fingerprint density at radius 1 is 1.42 bits per heavy atom. The first-order chi connectivity index (χ1) is 14.9. The van der Waals surface area contributed by atoms with Crippen LogP contribution in [-0.4, -0.2) is 21.5 Å². The molecule has 0 spiro atoms. The summed E-state index contributed by atoms with van der Waals surface area (Å²) in [7, 11) is 0.769. The molecule has 0 saturated carbocycles.